The molecule has 1 aliphatic carbocycles. The Labute approximate surface area is 167 Å². The second-order valence-corrected chi connectivity index (χ2v) is 7.21. The smallest absolute Gasteiger partial charge is 0.160 e. The number of ether oxygens (including phenoxy) is 3. The van der Waals surface area contributed by atoms with Crippen LogP contribution in [-0.4, -0.2) is 45.1 Å². The van der Waals surface area contributed by atoms with Crippen molar-refractivity contribution in [3.05, 3.63) is 59.2 Å². The van der Waals surface area contributed by atoms with Gasteiger partial charge in [-0.3, -0.25) is 0 Å². The molecule has 0 amide bonds. The summed E-state index contributed by atoms with van der Waals surface area (Å²) < 4.78 is 16.6. The van der Waals surface area contributed by atoms with Crippen molar-refractivity contribution in [1.82, 2.24) is 5.32 Å². The van der Waals surface area contributed by atoms with Gasteiger partial charge in [-0.05, 0) is 61.1 Å². The van der Waals surface area contributed by atoms with Gasteiger partial charge in [0.1, 0.15) is 0 Å². The summed E-state index contributed by atoms with van der Waals surface area (Å²) in [4.78, 5) is 0. The van der Waals surface area contributed by atoms with Gasteiger partial charge in [0.05, 0.1) is 33.0 Å². The molecule has 0 fully saturated rings. The van der Waals surface area contributed by atoms with Crippen LogP contribution in [0.25, 0.3) is 0 Å². The van der Waals surface area contributed by atoms with Gasteiger partial charge >= 0.3 is 0 Å². The Morgan fingerprint density at radius 2 is 1.93 bits per heavy atom. The third-order valence-electron chi connectivity index (χ3n) is 5.22. The lowest BCUT2D eigenvalue weighted by atomic mass is 9.89. The van der Waals surface area contributed by atoms with Crippen LogP contribution in [0.1, 0.15) is 35.6 Å². The minimum absolute atomic E-state index is 0.103. The van der Waals surface area contributed by atoms with Crippen molar-refractivity contribution in [2.75, 3.05) is 33.9 Å². The van der Waals surface area contributed by atoms with Crippen LogP contribution in [0.15, 0.2) is 42.5 Å². The predicted molar refractivity (Wildman–Crippen MR) is 110 cm³/mol. The molecule has 0 aliphatic heterocycles. The zero-order valence-electron chi connectivity index (χ0n) is 16.8. The molecule has 2 N–H and O–H groups in total. The number of rotatable bonds is 10. The molecule has 0 saturated heterocycles. The molecule has 2 aromatic carbocycles. The molecule has 0 spiro atoms. The molecule has 0 unspecified atom stereocenters. The number of benzene rings is 2. The van der Waals surface area contributed by atoms with Crippen LogP contribution < -0.4 is 14.8 Å². The molecule has 0 bridgehead atoms. The quantitative estimate of drug-likeness (QED) is 0.615. The zero-order chi connectivity index (χ0) is 19.8. The van der Waals surface area contributed by atoms with Gasteiger partial charge in [0.15, 0.2) is 11.5 Å². The molecule has 5 heteroatoms. The maximum atomic E-state index is 10.3. The summed E-state index contributed by atoms with van der Waals surface area (Å²) >= 11 is 0. The van der Waals surface area contributed by atoms with E-state index in [0.717, 1.165) is 49.3 Å². The fraction of sp³-hybridized carbons (Fsp3) is 0.478. The van der Waals surface area contributed by atoms with Crippen LogP contribution in [-0.2, 0) is 17.6 Å². The number of hydrogen-bond donors (Lipinski definition) is 2. The standard InChI is InChI=1S/C23H31NO4/c1-26-22-11-10-17(14-23(22)27-2)12-13-24-15-19(25)16-28-21-9-5-7-18-6-3-4-8-20(18)21/h3-4,6,8,10-11,14,19,21,24-25H,5,7,9,12-13,15-16H2,1-2H3/t19-,21+/m1/s1. The Morgan fingerprint density at radius 1 is 1.11 bits per heavy atom. The molecule has 0 aromatic heterocycles. The van der Waals surface area contributed by atoms with E-state index in [0.29, 0.717) is 13.2 Å². The van der Waals surface area contributed by atoms with Crippen LogP contribution in [0.5, 0.6) is 11.5 Å². The van der Waals surface area contributed by atoms with Crippen LogP contribution in [0.3, 0.4) is 0 Å². The molecule has 3 rings (SSSR count). The Morgan fingerprint density at radius 3 is 2.75 bits per heavy atom. The number of nitrogens with one attached hydrogen (secondary N) is 1. The van der Waals surface area contributed by atoms with Crippen LogP contribution in [0.4, 0.5) is 0 Å². The summed E-state index contributed by atoms with van der Waals surface area (Å²) in [5.41, 5.74) is 3.82. The third-order valence-corrected chi connectivity index (χ3v) is 5.22. The van der Waals surface area contributed by atoms with E-state index in [2.05, 4.69) is 29.6 Å². The van der Waals surface area contributed by atoms with E-state index in [1.165, 1.54) is 11.1 Å². The highest BCUT2D eigenvalue weighted by Gasteiger charge is 2.21. The van der Waals surface area contributed by atoms with Gasteiger partial charge in [-0.2, -0.15) is 0 Å². The first-order valence-corrected chi connectivity index (χ1v) is 10.0. The molecule has 152 valence electrons. The fourth-order valence-corrected chi connectivity index (χ4v) is 3.71. The second kappa shape index (κ2) is 10.5. The molecule has 0 saturated carbocycles. The van der Waals surface area contributed by atoms with Crippen LogP contribution >= 0.6 is 0 Å². The topological polar surface area (TPSA) is 60.0 Å². The Bertz CT molecular complexity index is 749. The molecule has 1 aliphatic rings. The van der Waals surface area contributed by atoms with Crippen LogP contribution in [0.2, 0.25) is 0 Å². The van der Waals surface area contributed by atoms with Gasteiger partial charge in [-0.1, -0.05) is 30.3 Å². The second-order valence-electron chi connectivity index (χ2n) is 7.21. The summed E-state index contributed by atoms with van der Waals surface area (Å²) in [6, 6.07) is 14.4. The lowest BCUT2D eigenvalue weighted by Gasteiger charge is -2.26. The average Bonchev–Trinajstić information content (AvgIpc) is 2.75. The summed E-state index contributed by atoms with van der Waals surface area (Å²) in [5.74, 6) is 1.47. The molecule has 28 heavy (non-hydrogen) atoms. The van der Waals surface area contributed by atoms with Gasteiger partial charge in [-0.25, -0.2) is 0 Å². The van der Waals surface area contributed by atoms with Crippen molar-refractivity contribution < 1.29 is 19.3 Å². The van der Waals surface area contributed by atoms with E-state index < -0.39 is 6.10 Å². The monoisotopic (exact) mass is 385 g/mol. The van der Waals surface area contributed by atoms with Crippen molar-refractivity contribution in [2.24, 2.45) is 0 Å². The summed E-state index contributed by atoms with van der Waals surface area (Å²) in [6.07, 6.45) is 3.73. The van der Waals surface area contributed by atoms with Crippen molar-refractivity contribution in [1.29, 1.82) is 0 Å². The van der Waals surface area contributed by atoms with E-state index in [9.17, 15) is 5.11 Å². The highest BCUT2D eigenvalue weighted by atomic mass is 16.5. The molecule has 0 radical (unpaired) electrons. The van der Waals surface area contributed by atoms with Gasteiger partial charge in [0.25, 0.3) is 0 Å². The fourth-order valence-electron chi connectivity index (χ4n) is 3.71. The van der Waals surface area contributed by atoms with Gasteiger partial charge < -0.3 is 24.6 Å². The van der Waals surface area contributed by atoms with Crippen LogP contribution in [0, 0.1) is 0 Å². The molecule has 0 heterocycles. The van der Waals surface area contributed by atoms with Crippen molar-refractivity contribution >= 4 is 0 Å². The maximum absolute atomic E-state index is 10.3. The first-order chi connectivity index (χ1) is 13.7. The molecule has 2 atom stereocenters. The van der Waals surface area contributed by atoms with E-state index >= 15 is 0 Å². The van der Waals surface area contributed by atoms with Gasteiger partial charge in [-0.15, -0.1) is 0 Å². The Hall–Kier alpha value is -2.08. The Balaban J connectivity index is 1.38. The highest BCUT2D eigenvalue weighted by Crippen LogP contribution is 2.32. The maximum Gasteiger partial charge on any atom is 0.160 e. The lowest BCUT2D eigenvalue weighted by Crippen LogP contribution is -2.32. The minimum Gasteiger partial charge on any atom is -0.493 e. The third kappa shape index (κ3) is 5.47. The van der Waals surface area contributed by atoms with E-state index in [-0.39, 0.29) is 6.10 Å². The predicted octanol–water partition coefficient (Wildman–Crippen LogP) is 3.29. The number of hydrogen-bond acceptors (Lipinski definition) is 5. The minimum atomic E-state index is -0.514. The lowest BCUT2D eigenvalue weighted by molar-refractivity contribution is -0.0166. The normalized spacial score (nSPS) is 17.0. The van der Waals surface area contributed by atoms with Crippen molar-refractivity contribution in [2.45, 2.75) is 37.9 Å². The summed E-state index contributed by atoms with van der Waals surface area (Å²) in [7, 11) is 3.27. The first kappa shape index (κ1) is 20.6. The number of aliphatic hydroxyl groups excluding tert-OH is 1. The number of fused-ring (bicyclic) bond motifs is 1. The SMILES string of the molecule is COc1ccc(CCNC[C@@H](O)CO[C@H]2CCCc3ccccc32)cc1OC. The van der Waals surface area contributed by atoms with Gasteiger partial charge in [0.2, 0.25) is 0 Å². The first-order valence-electron chi connectivity index (χ1n) is 10.0. The Kier molecular flexibility index (Phi) is 7.71. The molecular formula is C23H31NO4. The summed E-state index contributed by atoms with van der Waals surface area (Å²) in [5, 5.41) is 13.6. The molecule has 2 aromatic rings. The number of aliphatic hydroxyl groups is 1. The average molecular weight is 386 g/mol. The van der Waals surface area contributed by atoms with Gasteiger partial charge in [0, 0.05) is 6.54 Å². The highest BCUT2D eigenvalue weighted by molar-refractivity contribution is 5.42. The number of methoxy groups -OCH3 is 2. The molecule has 5 nitrogen and oxygen atoms in total. The van der Waals surface area contributed by atoms with Crippen molar-refractivity contribution in [3.63, 3.8) is 0 Å². The number of aryl methyl sites for hydroxylation is 1. The zero-order valence-corrected chi connectivity index (χ0v) is 16.8. The van der Waals surface area contributed by atoms with E-state index in [1.54, 1.807) is 14.2 Å². The largest absolute Gasteiger partial charge is 0.493 e. The molecular weight excluding hydrogens is 354 g/mol. The van der Waals surface area contributed by atoms with Crippen molar-refractivity contribution in [3.8, 4) is 11.5 Å². The van der Waals surface area contributed by atoms with E-state index in [4.69, 9.17) is 14.2 Å². The summed E-state index contributed by atoms with van der Waals surface area (Å²) in [6.45, 7) is 1.64. The van der Waals surface area contributed by atoms with E-state index in [1.807, 2.05) is 18.2 Å².